The van der Waals surface area contributed by atoms with Crippen LogP contribution in [-0.2, 0) is 0 Å². The van der Waals surface area contributed by atoms with Gasteiger partial charge in [-0.2, -0.15) is 0 Å². The Morgan fingerprint density at radius 3 is 2.63 bits per heavy atom. The van der Waals surface area contributed by atoms with E-state index >= 15 is 0 Å². The molecular formula is C15H11IN2O. The summed E-state index contributed by atoms with van der Waals surface area (Å²) in [6, 6.07) is 15.3. The quantitative estimate of drug-likeness (QED) is 0.665. The highest BCUT2D eigenvalue weighted by Gasteiger charge is 2.07. The van der Waals surface area contributed by atoms with Crippen LogP contribution < -0.4 is 5.32 Å². The molecule has 0 unspecified atom stereocenters. The number of aromatic nitrogens is 1. The number of H-pyrrole nitrogens is 1. The van der Waals surface area contributed by atoms with E-state index in [-0.39, 0.29) is 5.91 Å². The number of aromatic amines is 1. The number of nitrogens with one attached hydrogen (secondary N) is 2. The number of carbonyl (C=O) groups is 1. The lowest BCUT2D eigenvalue weighted by molar-refractivity contribution is 0.102. The number of anilines is 1. The van der Waals surface area contributed by atoms with Crippen molar-refractivity contribution in [2.45, 2.75) is 0 Å². The van der Waals surface area contributed by atoms with Gasteiger partial charge in [0.2, 0.25) is 0 Å². The predicted molar refractivity (Wildman–Crippen MR) is 85.4 cm³/mol. The minimum absolute atomic E-state index is 0.0993. The Balaban J connectivity index is 1.84. The van der Waals surface area contributed by atoms with E-state index in [2.05, 4.69) is 32.9 Å². The van der Waals surface area contributed by atoms with Gasteiger partial charge in [0.15, 0.2) is 0 Å². The fourth-order valence-corrected chi connectivity index (χ4v) is 2.29. The summed E-state index contributed by atoms with van der Waals surface area (Å²) in [5, 5.41) is 3.99. The van der Waals surface area contributed by atoms with Gasteiger partial charge in [-0.05, 0) is 70.4 Å². The first-order chi connectivity index (χ1) is 9.22. The van der Waals surface area contributed by atoms with Gasteiger partial charge in [0.25, 0.3) is 5.91 Å². The summed E-state index contributed by atoms with van der Waals surface area (Å²) < 4.78 is 1.14. The molecule has 19 heavy (non-hydrogen) atoms. The molecule has 0 aliphatic carbocycles. The molecule has 0 aliphatic heterocycles. The summed E-state index contributed by atoms with van der Waals surface area (Å²) >= 11 is 2.23. The Morgan fingerprint density at radius 2 is 1.84 bits per heavy atom. The molecule has 3 nitrogen and oxygen atoms in total. The highest BCUT2D eigenvalue weighted by Crippen LogP contribution is 2.16. The number of fused-ring (bicyclic) bond motifs is 1. The third-order valence-electron chi connectivity index (χ3n) is 2.92. The molecule has 1 heterocycles. The SMILES string of the molecule is O=C(Nc1ccc(I)cc1)c1ccc2cc[nH]c2c1. The summed E-state index contributed by atoms with van der Waals surface area (Å²) in [7, 11) is 0. The maximum Gasteiger partial charge on any atom is 0.255 e. The van der Waals surface area contributed by atoms with E-state index in [0.29, 0.717) is 5.56 Å². The largest absolute Gasteiger partial charge is 0.361 e. The lowest BCUT2D eigenvalue weighted by atomic mass is 10.1. The molecule has 0 saturated heterocycles. The van der Waals surface area contributed by atoms with Crippen LogP contribution in [0.15, 0.2) is 54.7 Å². The van der Waals surface area contributed by atoms with Crippen LogP contribution in [0.2, 0.25) is 0 Å². The fourth-order valence-electron chi connectivity index (χ4n) is 1.93. The first-order valence-corrected chi connectivity index (χ1v) is 6.94. The molecule has 1 amide bonds. The van der Waals surface area contributed by atoms with Crippen LogP contribution in [0.1, 0.15) is 10.4 Å². The van der Waals surface area contributed by atoms with Crippen molar-refractivity contribution in [2.24, 2.45) is 0 Å². The van der Waals surface area contributed by atoms with Crippen molar-refractivity contribution in [3.8, 4) is 0 Å². The van der Waals surface area contributed by atoms with Gasteiger partial charge in [0.05, 0.1) is 0 Å². The van der Waals surface area contributed by atoms with Crippen LogP contribution in [0.25, 0.3) is 10.9 Å². The molecule has 0 saturated carbocycles. The van der Waals surface area contributed by atoms with Crippen LogP contribution >= 0.6 is 22.6 Å². The Hall–Kier alpha value is -1.82. The molecule has 1 aromatic heterocycles. The van der Waals surface area contributed by atoms with E-state index in [4.69, 9.17) is 0 Å². The second kappa shape index (κ2) is 5.05. The molecule has 3 aromatic rings. The lowest BCUT2D eigenvalue weighted by Crippen LogP contribution is -2.11. The standard InChI is InChI=1S/C15H11IN2O/c16-12-3-5-13(6-4-12)18-15(19)11-2-1-10-7-8-17-14(10)9-11/h1-9,17H,(H,18,19). The molecule has 0 bridgehead atoms. The zero-order valence-electron chi connectivity index (χ0n) is 9.98. The Labute approximate surface area is 124 Å². The van der Waals surface area contributed by atoms with Gasteiger partial charge in [0.1, 0.15) is 0 Å². The number of carbonyl (C=O) groups excluding carboxylic acids is 1. The van der Waals surface area contributed by atoms with Crippen molar-refractivity contribution in [1.29, 1.82) is 0 Å². The third kappa shape index (κ3) is 2.63. The third-order valence-corrected chi connectivity index (χ3v) is 3.64. The van der Waals surface area contributed by atoms with Crippen LogP contribution in [0.3, 0.4) is 0 Å². The van der Waals surface area contributed by atoms with Crippen molar-refractivity contribution < 1.29 is 4.79 Å². The van der Waals surface area contributed by atoms with Crippen molar-refractivity contribution in [2.75, 3.05) is 5.32 Å². The highest BCUT2D eigenvalue weighted by atomic mass is 127. The number of rotatable bonds is 2. The highest BCUT2D eigenvalue weighted by molar-refractivity contribution is 14.1. The van der Waals surface area contributed by atoms with E-state index < -0.39 is 0 Å². The fraction of sp³-hybridized carbons (Fsp3) is 0. The minimum atomic E-state index is -0.0993. The van der Waals surface area contributed by atoms with Gasteiger partial charge in [-0.15, -0.1) is 0 Å². The summed E-state index contributed by atoms with van der Waals surface area (Å²) in [6.45, 7) is 0. The van der Waals surface area contributed by atoms with Crippen molar-refractivity contribution in [3.63, 3.8) is 0 Å². The van der Waals surface area contributed by atoms with Gasteiger partial charge in [-0.25, -0.2) is 0 Å². The Morgan fingerprint density at radius 1 is 1.05 bits per heavy atom. The lowest BCUT2D eigenvalue weighted by Gasteiger charge is -2.05. The second-order valence-corrected chi connectivity index (χ2v) is 5.49. The number of halogens is 1. The number of hydrogen-bond acceptors (Lipinski definition) is 1. The normalized spacial score (nSPS) is 10.6. The van der Waals surface area contributed by atoms with Crippen molar-refractivity contribution >= 4 is 45.1 Å². The zero-order valence-corrected chi connectivity index (χ0v) is 12.1. The Kier molecular flexibility index (Phi) is 3.25. The summed E-state index contributed by atoms with van der Waals surface area (Å²) in [5.74, 6) is -0.0993. The molecule has 2 aromatic carbocycles. The summed E-state index contributed by atoms with van der Waals surface area (Å²) in [4.78, 5) is 15.2. The van der Waals surface area contributed by atoms with E-state index in [1.54, 1.807) is 0 Å². The van der Waals surface area contributed by atoms with Crippen LogP contribution in [0.4, 0.5) is 5.69 Å². The van der Waals surface area contributed by atoms with Crippen molar-refractivity contribution in [3.05, 3.63) is 63.9 Å². The average molecular weight is 362 g/mol. The van der Waals surface area contributed by atoms with E-state index in [1.165, 1.54) is 0 Å². The van der Waals surface area contributed by atoms with Crippen LogP contribution in [0, 0.1) is 3.57 Å². The van der Waals surface area contributed by atoms with Gasteiger partial charge < -0.3 is 10.3 Å². The van der Waals surface area contributed by atoms with Gasteiger partial charge in [0, 0.05) is 26.5 Å². The smallest absolute Gasteiger partial charge is 0.255 e. The molecule has 0 radical (unpaired) electrons. The van der Waals surface area contributed by atoms with Crippen molar-refractivity contribution in [1.82, 2.24) is 4.98 Å². The average Bonchev–Trinajstić information content (AvgIpc) is 2.88. The minimum Gasteiger partial charge on any atom is -0.361 e. The molecule has 0 aliphatic rings. The molecule has 0 atom stereocenters. The molecule has 4 heteroatoms. The number of benzene rings is 2. The monoisotopic (exact) mass is 362 g/mol. The van der Waals surface area contributed by atoms with Crippen LogP contribution in [0.5, 0.6) is 0 Å². The predicted octanol–water partition coefficient (Wildman–Crippen LogP) is 4.02. The van der Waals surface area contributed by atoms with Crippen LogP contribution in [-0.4, -0.2) is 10.9 Å². The Bertz CT molecular complexity index is 731. The maximum atomic E-state index is 12.1. The molecule has 3 rings (SSSR count). The molecule has 94 valence electrons. The first kappa shape index (κ1) is 12.2. The van der Waals surface area contributed by atoms with E-state index in [0.717, 1.165) is 20.2 Å². The maximum absolute atomic E-state index is 12.1. The number of hydrogen-bond donors (Lipinski definition) is 2. The first-order valence-electron chi connectivity index (χ1n) is 5.86. The van der Waals surface area contributed by atoms with Gasteiger partial charge >= 0.3 is 0 Å². The molecule has 0 spiro atoms. The summed E-state index contributed by atoms with van der Waals surface area (Å²) in [5.41, 5.74) is 2.42. The molecular weight excluding hydrogens is 351 g/mol. The molecule has 0 fully saturated rings. The number of amides is 1. The van der Waals surface area contributed by atoms with E-state index in [9.17, 15) is 4.79 Å². The van der Waals surface area contributed by atoms with Gasteiger partial charge in [-0.1, -0.05) is 6.07 Å². The van der Waals surface area contributed by atoms with Gasteiger partial charge in [-0.3, -0.25) is 4.79 Å². The topological polar surface area (TPSA) is 44.9 Å². The summed E-state index contributed by atoms with van der Waals surface area (Å²) in [6.07, 6.45) is 1.87. The van der Waals surface area contributed by atoms with E-state index in [1.807, 2.05) is 54.7 Å². The second-order valence-electron chi connectivity index (χ2n) is 4.24. The zero-order chi connectivity index (χ0) is 13.2. The molecule has 2 N–H and O–H groups in total.